The van der Waals surface area contributed by atoms with Crippen molar-refractivity contribution in [2.45, 2.75) is 46.4 Å². The molecule has 0 aliphatic rings. The third-order valence-electron chi connectivity index (χ3n) is 1.97. The molecular weight excluding hydrogens is 204 g/mol. The van der Waals surface area contributed by atoms with Gasteiger partial charge in [0.1, 0.15) is 0 Å². The van der Waals surface area contributed by atoms with Crippen LogP contribution < -0.4 is 10.6 Å². The molecule has 2 N–H and O–H groups in total. The fourth-order valence-corrected chi connectivity index (χ4v) is 1.28. The van der Waals surface area contributed by atoms with Gasteiger partial charge in [0, 0.05) is 38.4 Å². The maximum atomic E-state index is 5.42. The molecule has 0 unspecified atom stereocenters. The molecule has 98 valence electrons. The van der Waals surface area contributed by atoms with Crippen molar-refractivity contribution in [2.24, 2.45) is 0 Å². The van der Waals surface area contributed by atoms with Crippen molar-refractivity contribution in [3.63, 3.8) is 0 Å². The van der Waals surface area contributed by atoms with Gasteiger partial charge in [-0.2, -0.15) is 0 Å². The molecule has 4 heteroatoms. The minimum Gasteiger partial charge on any atom is -0.352 e. The topological polar surface area (TPSA) is 42.5 Å². The molecule has 0 aromatic carbocycles. The van der Waals surface area contributed by atoms with Gasteiger partial charge in [-0.1, -0.05) is 0 Å². The van der Waals surface area contributed by atoms with E-state index in [9.17, 15) is 0 Å². The predicted octanol–water partition coefficient (Wildman–Crippen LogP) is 1.36. The molecular formula is C12H28N2O2. The molecule has 16 heavy (non-hydrogen) atoms. The molecule has 0 spiro atoms. The first-order valence-corrected chi connectivity index (χ1v) is 6.18. The zero-order chi connectivity index (χ0) is 12.4. The van der Waals surface area contributed by atoms with Crippen molar-refractivity contribution in [3.8, 4) is 0 Å². The van der Waals surface area contributed by atoms with Gasteiger partial charge in [0.05, 0.1) is 0 Å². The van der Waals surface area contributed by atoms with Crippen LogP contribution >= 0.6 is 0 Å². The van der Waals surface area contributed by atoms with Gasteiger partial charge in [0.15, 0.2) is 6.29 Å². The first-order valence-electron chi connectivity index (χ1n) is 6.18. The Morgan fingerprint density at radius 2 is 1.56 bits per heavy atom. The Labute approximate surface area is 100 Å². The summed E-state index contributed by atoms with van der Waals surface area (Å²) in [5, 5.41) is 6.73. The Morgan fingerprint density at radius 1 is 1.00 bits per heavy atom. The minimum atomic E-state index is -0.121. The zero-order valence-corrected chi connectivity index (χ0v) is 11.4. The fraction of sp³-hybridized carbons (Fsp3) is 1.00. The van der Waals surface area contributed by atoms with Gasteiger partial charge in [-0.25, -0.2) is 0 Å². The standard InChI is InChI=1S/C12H28N2O2/c1-6-15-11(16-7-2)10-13-8-9-14-12(3,4)5/h11,13-14H,6-10H2,1-5H3. The number of hydrogen-bond donors (Lipinski definition) is 2. The first kappa shape index (κ1) is 15.8. The average molecular weight is 232 g/mol. The van der Waals surface area contributed by atoms with E-state index in [1.807, 2.05) is 13.8 Å². The smallest absolute Gasteiger partial charge is 0.169 e. The summed E-state index contributed by atoms with van der Waals surface area (Å²) in [7, 11) is 0. The summed E-state index contributed by atoms with van der Waals surface area (Å²) in [6.45, 7) is 14.4. The highest BCUT2D eigenvalue weighted by molar-refractivity contribution is 4.70. The molecule has 0 aromatic rings. The molecule has 0 aliphatic heterocycles. The highest BCUT2D eigenvalue weighted by atomic mass is 16.7. The molecule has 0 saturated heterocycles. The van der Waals surface area contributed by atoms with Crippen LogP contribution in [0.4, 0.5) is 0 Å². The Morgan fingerprint density at radius 3 is 2.00 bits per heavy atom. The second-order valence-electron chi connectivity index (χ2n) is 4.72. The summed E-state index contributed by atoms with van der Waals surface area (Å²) in [4.78, 5) is 0. The van der Waals surface area contributed by atoms with E-state index in [-0.39, 0.29) is 11.8 Å². The summed E-state index contributed by atoms with van der Waals surface area (Å²) >= 11 is 0. The van der Waals surface area contributed by atoms with E-state index in [0.717, 1.165) is 19.6 Å². The maximum Gasteiger partial charge on any atom is 0.169 e. The average Bonchev–Trinajstić information content (AvgIpc) is 2.16. The summed E-state index contributed by atoms with van der Waals surface area (Å²) in [6, 6.07) is 0. The minimum absolute atomic E-state index is 0.121. The molecule has 4 nitrogen and oxygen atoms in total. The molecule has 0 amide bonds. The monoisotopic (exact) mass is 232 g/mol. The van der Waals surface area contributed by atoms with E-state index < -0.39 is 0 Å². The SMILES string of the molecule is CCOC(CNCCNC(C)(C)C)OCC. The van der Waals surface area contributed by atoms with Crippen molar-refractivity contribution >= 4 is 0 Å². The summed E-state index contributed by atoms with van der Waals surface area (Å²) in [6.07, 6.45) is -0.121. The lowest BCUT2D eigenvalue weighted by Gasteiger charge is -2.21. The van der Waals surface area contributed by atoms with Gasteiger partial charge in [0.2, 0.25) is 0 Å². The lowest BCUT2D eigenvalue weighted by Crippen LogP contribution is -2.42. The van der Waals surface area contributed by atoms with Gasteiger partial charge < -0.3 is 20.1 Å². The molecule has 0 aromatic heterocycles. The van der Waals surface area contributed by atoms with Gasteiger partial charge in [-0.15, -0.1) is 0 Å². The van der Waals surface area contributed by atoms with Crippen LogP contribution in [0.5, 0.6) is 0 Å². The van der Waals surface area contributed by atoms with E-state index in [4.69, 9.17) is 9.47 Å². The summed E-state index contributed by atoms with van der Waals surface area (Å²) in [5.74, 6) is 0. The van der Waals surface area contributed by atoms with Crippen molar-refractivity contribution in [2.75, 3.05) is 32.8 Å². The van der Waals surface area contributed by atoms with E-state index >= 15 is 0 Å². The molecule has 0 aliphatic carbocycles. The number of hydrogen-bond acceptors (Lipinski definition) is 4. The Hall–Kier alpha value is -0.160. The van der Waals surface area contributed by atoms with E-state index in [0.29, 0.717) is 13.2 Å². The van der Waals surface area contributed by atoms with Crippen molar-refractivity contribution in [1.82, 2.24) is 10.6 Å². The van der Waals surface area contributed by atoms with Gasteiger partial charge in [0.25, 0.3) is 0 Å². The summed E-state index contributed by atoms with van der Waals surface area (Å²) in [5.41, 5.74) is 0.181. The number of nitrogens with one attached hydrogen (secondary N) is 2. The van der Waals surface area contributed by atoms with Gasteiger partial charge >= 0.3 is 0 Å². The van der Waals surface area contributed by atoms with Crippen molar-refractivity contribution in [3.05, 3.63) is 0 Å². The van der Waals surface area contributed by atoms with Crippen LogP contribution in [0, 0.1) is 0 Å². The van der Waals surface area contributed by atoms with Crippen LogP contribution in [0.2, 0.25) is 0 Å². The van der Waals surface area contributed by atoms with Crippen LogP contribution in [-0.2, 0) is 9.47 Å². The Balaban J connectivity index is 3.46. The molecule has 0 bridgehead atoms. The Kier molecular flexibility index (Phi) is 8.84. The Bertz CT molecular complexity index is 152. The maximum absolute atomic E-state index is 5.42. The van der Waals surface area contributed by atoms with E-state index in [1.165, 1.54) is 0 Å². The largest absolute Gasteiger partial charge is 0.352 e. The lowest BCUT2D eigenvalue weighted by atomic mass is 10.1. The van der Waals surface area contributed by atoms with Gasteiger partial charge in [-0.05, 0) is 34.6 Å². The van der Waals surface area contributed by atoms with Crippen LogP contribution in [0.1, 0.15) is 34.6 Å². The first-order chi connectivity index (χ1) is 7.49. The molecule has 0 heterocycles. The van der Waals surface area contributed by atoms with Crippen LogP contribution in [0.3, 0.4) is 0 Å². The summed E-state index contributed by atoms with van der Waals surface area (Å²) < 4.78 is 10.8. The predicted molar refractivity (Wildman–Crippen MR) is 67.7 cm³/mol. The van der Waals surface area contributed by atoms with Crippen LogP contribution in [0.15, 0.2) is 0 Å². The second-order valence-corrected chi connectivity index (χ2v) is 4.72. The van der Waals surface area contributed by atoms with Crippen LogP contribution in [-0.4, -0.2) is 44.7 Å². The van der Waals surface area contributed by atoms with Crippen molar-refractivity contribution in [1.29, 1.82) is 0 Å². The molecule has 0 fully saturated rings. The fourth-order valence-electron chi connectivity index (χ4n) is 1.28. The molecule has 0 rings (SSSR count). The highest BCUT2D eigenvalue weighted by Gasteiger charge is 2.09. The highest BCUT2D eigenvalue weighted by Crippen LogP contribution is 1.96. The molecule has 0 radical (unpaired) electrons. The number of rotatable bonds is 9. The normalized spacial score (nSPS) is 12.4. The third kappa shape index (κ3) is 10.4. The van der Waals surface area contributed by atoms with E-state index in [1.54, 1.807) is 0 Å². The second kappa shape index (κ2) is 8.93. The number of ether oxygens (including phenoxy) is 2. The molecule has 0 saturated carbocycles. The zero-order valence-electron chi connectivity index (χ0n) is 11.4. The third-order valence-corrected chi connectivity index (χ3v) is 1.97. The van der Waals surface area contributed by atoms with Crippen molar-refractivity contribution < 1.29 is 9.47 Å². The van der Waals surface area contributed by atoms with Crippen LogP contribution in [0.25, 0.3) is 0 Å². The van der Waals surface area contributed by atoms with Gasteiger partial charge in [-0.3, -0.25) is 0 Å². The lowest BCUT2D eigenvalue weighted by molar-refractivity contribution is -0.132. The quantitative estimate of drug-likeness (QED) is 0.465. The van der Waals surface area contributed by atoms with E-state index in [2.05, 4.69) is 31.4 Å². The molecule has 0 atom stereocenters.